The van der Waals surface area contributed by atoms with Crippen LogP contribution < -0.4 is 0 Å². The number of allylic oxidation sites excluding steroid dienone is 2. The van der Waals surface area contributed by atoms with E-state index in [4.69, 9.17) is 9.47 Å². The lowest BCUT2D eigenvalue weighted by atomic mass is 9.84. The predicted molar refractivity (Wildman–Crippen MR) is 68.0 cm³/mol. The van der Waals surface area contributed by atoms with Gasteiger partial charge in [0.15, 0.2) is 0 Å². The van der Waals surface area contributed by atoms with Gasteiger partial charge >= 0.3 is 5.97 Å². The topological polar surface area (TPSA) is 38.8 Å². The summed E-state index contributed by atoms with van der Waals surface area (Å²) >= 11 is 0. The zero-order valence-corrected chi connectivity index (χ0v) is 11.1. The van der Waals surface area contributed by atoms with Gasteiger partial charge in [0.25, 0.3) is 0 Å². The molecule has 2 aliphatic heterocycles. The Morgan fingerprint density at radius 2 is 2.28 bits per heavy atom. The molecule has 2 heterocycles. The number of hydrogen-bond acceptors (Lipinski definition) is 3. The highest BCUT2D eigenvalue weighted by atomic mass is 16.6. The number of epoxide rings is 1. The zero-order chi connectivity index (χ0) is 12.9. The van der Waals surface area contributed by atoms with Crippen LogP contribution in [0.5, 0.6) is 0 Å². The minimum Gasteiger partial charge on any atom is -0.455 e. The van der Waals surface area contributed by atoms with Crippen LogP contribution in [0.15, 0.2) is 23.8 Å². The van der Waals surface area contributed by atoms with E-state index in [0.717, 1.165) is 25.7 Å². The van der Waals surface area contributed by atoms with Crippen LogP contribution in [0.2, 0.25) is 0 Å². The van der Waals surface area contributed by atoms with Crippen molar-refractivity contribution in [2.75, 3.05) is 0 Å². The van der Waals surface area contributed by atoms with Gasteiger partial charge < -0.3 is 9.47 Å². The molecule has 4 atom stereocenters. The van der Waals surface area contributed by atoms with Crippen molar-refractivity contribution in [2.24, 2.45) is 5.92 Å². The van der Waals surface area contributed by atoms with Gasteiger partial charge in [-0.2, -0.15) is 0 Å². The number of hydrogen-bond donors (Lipinski definition) is 0. The highest BCUT2D eigenvalue weighted by Crippen LogP contribution is 2.49. The van der Waals surface area contributed by atoms with E-state index in [0.29, 0.717) is 5.57 Å². The van der Waals surface area contributed by atoms with Crippen LogP contribution >= 0.6 is 0 Å². The second-order valence-corrected chi connectivity index (χ2v) is 5.98. The third-order valence-corrected chi connectivity index (χ3v) is 4.57. The molecule has 3 heteroatoms. The highest BCUT2D eigenvalue weighted by Gasteiger charge is 2.61. The number of ether oxygens (including phenoxy) is 2. The van der Waals surface area contributed by atoms with Gasteiger partial charge in [0.1, 0.15) is 12.2 Å². The van der Waals surface area contributed by atoms with Crippen molar-refractivity contribution < 1.29 is 14.3 Å². The van der Waals surface area contributed by atoms with Gasteiger partial charge in [0.2, 0.25) is 0 Å². The average Bonchev–Trinajstić information content (AvgIpc) is 2.90. The minimum absolute atomic E-state index is 0.0671. The fourth-order valence-electron chi connectivity index (χ4n) is 3.20. The molecule has 3 rings (SSSR count). The quantitative estimate of drug-likeness (QED) is 0.286. The molecule has 1 unspecified atom stereocenters. The summed E-state index contributed by atoms with van der Waals surface area (Å²) < 4.78 is 11.3. The molecular weight excluding hydrogens is 228 g/mol. The smallest absolute Gasteiger partial charge is 0.334 e. The van der Waals surface area contributed by atoms with Gasteiger partial charge in [-0.05, 0) is 39.5 Å². The Bertz CT molecular complexity index is 437. The Balaban J connectivity index is 1.87. The monoisotopic (exact) mass is 248 g/mol. The summed E-state index contributed by atoms with van der Waals surface area (Å²) in [6, 6.07) is 0. The van der Waals surface area contributed by atoms with Crippen molar-refractivity contribution in [3.8, 4) is 0 Å². The van der Waals surface area contributed by atoms with Crippen LogP contribution in [0.25, 0.3) is 0 Å². The minimum atomic E-state index is -0.233. The first-order valence-corrected chi connectivity index (χ1v) is 6.74. The first-order chi connectivity index (χ1) is 8.51. The third kappa shape index (κ3) is 1.81. The second kappa shape index (κ2) is 3.95. The summed E-state index contributed by atoms with van der Waals surface area (Å²) in [5, 5.41) is 0. The number of fused-ring (bicyclic) bond motifs is 3. The molecule has 0 aromatic heterocycles. The van der Waals surface area contributed by atoms with E-state index in [2.05, 4.69) is 26.5 Å². The van der Waals surface area contributed by atoms with E-state index in [1.54, 1.807) is 0 Å². The van der Waals surface area contributed by atoms with Crippen molar-refractivity contribution in [1.82, 2.24) is 0 Å². The molecule has 18 heavy (non-hydrogen) atoms. The van der Waals surface area contributed by atoms with Crippen molar-refractivity contribution in [2.45, 2.75) is 57.3 Å². The van der Waals surface area contributed by atoms with Gasteiger partial charge in [-0.15, -0.1) is 0 Å². The predicted octanol–water partition coefficient (Wildman–Crippen LogP) is 2.76. The van der Waals surface area contributed by atoms with Crippen molar-refractivity contribution in [3.63, 3.8) is 0 Å². The SMILES string of the molecule is C=C1C(=O)OC2[C@H]3O[C@]3(C)CC/C=C(/C)CC[C@@H]12. The van der Waals surface area contributed by atoms with Crippen LogP contribution in [0.3, 0.4) is 0 Å². The van der Waals surface area contributed by atoms with Gasteiger partial charge in [-0.25, -0.2) is 4.79 Å². The van der Waals surface area contributed by atoms with Crippen LogP contribution in [0, 0.1) is 5.92 Å². The first-order valence-electron chi connectivity index (χ1n) is 6.74. The third-order valence-electron chi connectivity index (χ3n) is 4.57. The Kier molecular flexibility index (Phi) is 2.63. The molecule has 0 N–H and O–H groups in total. The Hall–Kier alpha value is -1.09. The van der Waals surface area contributed by atoms with Crippen LogP contribution in [-0.2, 0) is 14.3 Å². The number of rotatable bonds is 0. The Morgan fingerprint density at radius 3 is 3.06 bits per heavy atom. The van der Waals surface area contributed by atoms with Crippen LogP contribution in [0.4, 0.5) is 0 Å². The zero-order valence-electron chi connectivity index (χ0n) is 11.1. The summed E-state index contributed by atoms with van der Waals surface area (Å²) in [7, 11) is 0. The molecular formula is C15H20O3. The molecule has 98 valence electrons. The molecule has 2 fully saturated rings. The van der Waals surface area contributed by atoms with Crippen LogP contribution in [-0.4, -0.2) is 23.8 Å². The maximum Gasteiger partial charge on any atom is 0.334 e. The van der Waals surface area contributed by atoms with E-state index >= 15 is 0 Å². The molecule has 2 saturated heterocycles. The molecule has 0 radical (unpaired) electrons. The maximum atomic E-state index is 11.7. The fourth-order valence-corrected chi connectivity index (χ4v) is 3.20. The number of carbonyl (C=O) groups is 1. The second-order valence-electron chi connectivity index (χ2n) is 5.98. The first kappa shape index (κ1) is 12.0. The van der Waals surface area contributed by atoms with Gasteiger partial charge in [-0.3, -0.25) is 0 Å². The van der Waals surface area contributed by atoms with E-state index < -0.39 is 0 Å². The highest BCUT2D eigenvalue weighted by molar-refractivity contribution is 5.91. The number of carbonyl (C=O) groups excluding carboxylic acids is 1. The van der Waals surface area contributed by atoms with E-state index in [1.165, 1.54) is 5.57 Å². The molecule has 0 saturated carbocycles. The maximum absolute atomic E-state index is 11.7. The molecule has 1 aliphatic carbocycles. The lowest BCUT2D eigenvalue weighted by Gasteiger charge is -2.19. The lowest BCUT2D eigenvalue weighted by Crippen LogP contribution is -2.28. The molecule has 0 spiro atoms. The molecule has 3 aliphatic rings. The summed E-state index contributed by atoms with van der Waals surface area (Å²) in [6.45, 7) is 8.17. The van der Waals surface area contributed by atoms with E-state index in [-0.39, 0.29) is 29.7 Å². The molecule has 0 aromatic rings. The van der Waals surface area contributed by atoms with Crippen molar-refractivity contribution in [1.29, 1.82) is 0 Å². The Labute approximate surface area is 108 Å². The van der Waals surface area contributed by atoms with E-state index in [9.17, 15) is 4.79 Å². The van der Waals surface area contributed by atoms with Crippen molar-refractivity contribution in [3.05, 3.63) is 23.8 Å². The van der Waals surface area contributed by atoms with Crippen LogP contribution in [0.1, 0.15) is 39.5 Å². The van der Waals surface area contributed by atoms with E-state index in [1.807, 2.05) is 0 Å². The molecule has 0 bridgehead atoms. The summed E-state index contributed by atoms with van der Waals surface area (Å²) in [5.74, 6) is -0.102. The largest absolute Gasteiger partial charge is 0.455 e. The molecule has 0 aromatic carbocycles. The normalized spacial score (nSPS) is 46.6. The summed E-state index contributed by atoms with van der Waals surface area (Å²) in [5.41, 5.74) is 1.91. The average molecular weight is 248 g/mol. The summed E-state index contributed by atoms with van der Waals surface area (Å²) in [4.78, 5) is 11.7. The van der Waals surface area contributed by atoms with Gasteiger partial charge in [0, 0.05) is 11.5 Å². The number of esters is 1. The van der Waals surface area contributed by atoms with Gasteiger partial charge in [0.05, 0.1) is 5.60 Å². The fraction of sp³-hybridized carbons (Fsp3) is 0.667. The Morgan fingerprint density at radius 1 is 1.50 bits per heavy atom. The molecule has 0 amide bonds. The standard InChI is InChI=1S/C15H20O3/c1-9-5-4-8-15(3)13(18-15)12-11(7-6-9)10(2)14(16)17-12/h5,11-13H,2,4,6-8H2,1,3H3/b9-5-/t11-,12?,13+,15+/m0/s1. The van der Waals surface area contributed by atoms with Crippen molar-refractivity contribution >= 4 is 5.97 Å². The summed E-state index contributed by atoms with van der Waals surface area (Å²) in [6.07, 6.45) is 6.25. The van der Waals surface area contributed by atoms with Gasteiger partial charge in [-0.1, -0.05) is 18.2 Å². The lowest BCUT2D eigenvalue weighted by molar-refractivity contribution is -0.140. The molecule has 3 nitrogen and oxygen atoms in total.